The first-order chi connectivity index (χ1) is 11.0. The molecule has 0 amide bonds. The van der Waals surface area contributed by atoms with Crippen molar-refractivity contribution >= 4 is 46.1 Å². The van der Waals surface area contributed by atoms with E-state index in [-0.39, 0.29) is 17.1 Å². The van der Waals surface area contributed by atoms with E-state index in [2.05, 4.69) is 0 Å². The number of aromatic hydroxyl groups is 1. The Bertz CT molecular complexity index is 771. The second-order valence-electron chi connectivity index (χ2n) is 4.60. The van der Waals surface area contributed by atoms with Gasteiger partial charge in [0.1, 0.15) is 5.75 Å². The molecule has 1 N–H and O–H groups in total. The van der Waals surface area contributed by atoms with Gasteiger partial charge in [0.2, 0.25) is 0 Å². The van der Waals surface area contributed by atoms with Crippen molar-refractivity contribution in [1.82, 2.24) is 0 Å². The highest BCUT2D eigenvalue weighted by atomic mass is 127. The highest BCUT2D eigenvalue weighted by Crippen LogP contribution is 2.30. The van der Waals surface area contributed by atoms with E-state index in [4.69, 9.17) is 21.1 Å². The van der Waals surface area contributed by atoms with Crippen molar-refractivity contribution in [1.29, 1.82) is 0 Å². The second kappa shape index (κ2) is 7.70. The van der Waals surface area contributed by atoms with Gasteiger partial charge in [-0.05, 0) is 58.5 Å². The average molecular weight is 445 g/mol. The summed E-state index contributed by atoms with van der Waals surface area (Å²) in [5.74, 6) is 0.773. The van der Waals surface area contributed by atoms with E-state index in [0.717, 1.165) is 5.56 Å². The van der Waals surface area contributed by atoms with E-state index in [1.54, 1.807) is 44.6 Å². The average Bonchev–Trinajstić information content (AvgIpc) is 2.55. The maximum absolute atomic E-state index is 12.3. The number of hydrogen-bond acceptors (Lipinski definition) is 4. The largest absolute Gasteiger partial charge is 0.506 e. The molecule has 2 aromatic rings. The first kappa shape index (κ1) is 17.6. The Balaban J connectivity index is 2.28. The summed E-state index contributed by atoms with van der Waals surface area (Å²) in [6.45, 7) is 0. The highest BCUT2D eigenvalue weighted by Gasteiger charge is 2.13. The number of phenolic OH excluding ortho intramolecular Hbond substituents is 1. The molecule has 0 saturated heterocycles. The van der Waals surface area contributed by atoms with Crippen molar-refractivity contribution in [3.8, 4) is 17.2 Å². The Morgan fingerprint density at radius 2 is 1.87 bits per heavy atom. The van der Waals surface area contributed by atoms with E-state index in [1.165, 1.54) is 12.1 Å². The van der Waals surface area contributed by atoms with Gasteiger partial charge < -0.3 is 14.6 Å². The van der Waals surface area contributed by atoms with Crippen LogP contribution in [0.15, 0.2) is 36.4 Å². The van der Waals surface area contributed by atoms with E-state index in [1.807, 2.05) is 22.6 Å². The van der Waals surface area contributed by atoms with Crippen LogP contribution >= 0.6 is 34.2 Å². The summed E-state index contributed by atoms with van der Waals surface area (Å²) < 4.78 is 10.9. The fourth-order valence-electron chi connectivity index (χ4n) is 1.97. The molecule has 120 valence electrons. The third-order valence-electron chi connectivity index (χ3n) is 3.13. The molecule has 0 unspecified atom stereocenters. The molecule has 0 aliphatic heterocycles. The zero-order valence-electron chi connectivity index (χ0n) is 12.5. The first-order valence-electron chi connectivity index (χ1n) is 6.58. The lowest BCUT2D eigenvalue weighted by atomic mass is 10.1. The molecule has 0 bridgehead atoms. The molecule has 0 fully saturated rings. The fraction of sp³-hybridized carbons (Fsp3) is 0.118. The number of ether oxygens (including phenoxy) is 2. The first-order valence-corrected chi connectivity index (χ1v) is 8.04. The van der Waals surface area contributed by atoms with E-state index >= 15 is 0 Å². The normalized spacial score (nSPS) is 10.8. The highest BCUT2D eigenvalue weighted by molar-refractivity contribution is 14.1. The van der Waals surface area contributed by atoms with Gasteiger partial charge in [-0.3, -0.25) is 4.79 Å². The minimum atomic E-state index is -0.335. The Morgan fingerprint density at radius 3 is 2.52 bits per heavy atom. The number of halogens is 2. The van der Waals surface area contributed by atoms with E-state index < -0.39 is 0 Å². The fourth-order valence-corrected chi connectivity index (χ4v) is 3.00. The molecule has 2 aromatic carbocycles. The zero-order valence-corrected chi connectivity index (χ0v) is 15.4. The SMILES string of the molecule is COc1ccc(/C=C/C(=O)c2cc(Cl)cc(I)c2O)cc1OC. The molecule has 0 heterocycles. The molecule has 23 heavy (non-hydrogen) atoms. The molecule has 4 nitrogen and oxygen atoms in total. The van der Waals surface area contributed by atoms with Gasteiger partial charge in [-0.15, -0.1) is 0 Å². The van der Waals surface area contributed by atoms with Crippen LogP contribution in [0.1, 0.15) is 15.9 Å². The monoisotopic (exact) mass is 444 g/mol. The van der Waals surface area contributed by atoms with Gasteiger partial charge in [0, 0.05) is 5.02 Å². The molecule has 0 aliphatic rings. The third-order valence-corrected chi connectivity index (χ3v) is 4.17. The van der Waals surface area contributed by atoms with Crippen LogP contribution in [0.5, 0.6) is 17.2 Å². The van der Waals surface area contributed by atoms with Crippen LogP contribution in [-0.4, -0.2) is 25.1 Å². The molecule has 0 radical (unpaired) electrons. The summed E-state index contributed by atoms with van der Waals surface area (Å²) in [5.41, 5.74) is 0.936. The van der Waals surface area contributed by atoms with Gasteiger partial charge in [0.15, 0.2) is 17.3 Å². The van der Waals surface area contributed by atoms with Crippen LogP contribution in [0.25, 0.3) is 6.08 Å². The molecular weight excluding hydrogens is 431 g/mol. The van der Waals surface area contributed by atoms with E-state index in [0.29, 0.717) is 20.1 Å². The number of ketones is 1. The van der Waals surface area contributed by atoms with Crippen molar-refractivity contribution < 1.29 is 19.4 Å². The lowest BCUT2D eigenvalue weighted by Gasteiger charge is -2.07. The number of carbonyl (C=O) groups excluding carboxylic acids is 1. The number of methoxy groups -OCH3 is 2. The molecule has 0 aliphatic carbocycles. The van der Waals surface area contributed by atoms with Gasteiger partial charge in [-0.25, -0.2) is 0 Å². The molecule has 0 aromatic heterocycles. The van der Waals surface area contributed by atoms with Crippen LogP contribution in [-0.2, 0) is 0 Å². The standard InChI is InChI=1S/C17H14ClIO4/c1-22-15-6-4-10(7-16(15)23-2)3-5-14(20)12-8-11(18)9-13(19)17(12)21/h3-9,21H,1-2H3/b5-3+. The maximum Gasteiger partial charge on any atom is 0.189 e. The van der Waals surface area contributed by atoms with Crippen LogP contribution in [0.4, 0.5) is 0 Å². The quantitative estimate of drug-likeness (QED) is 0.417. The molecule has 6 heteroatoms. The van der Waals surface area contributed by atoms with Crippen LogP contribution in [0, 0.1) is 3.57 Å². The van der Waals surface area contributed by atoms with Gasteiger partial charge in [-0.2, -0.15) is 0 Å². The lowest BCUT2D eigenvalue weighted by molar-refractivity contribution is 0.104. The summed E-state index contributed by atoms with van der Waals surface area (Å²) in [5, 5.41) is 10.4. The number of benzene rings is 2. The summed E-state index contributed by atoms with van der Waals surface area (Å²) in [6, 6.07) is 8.34. The molecule has 0 atom stereocenters. The summed E-state index contributed by atoms with van der Waals surface area (Å²) in [6.07, 6.45) is 3.01. The topological polar surface area (TPSA) is 55.8 Å². The second-order valence-corrected chi connectivity index (χ2v) is 6.19. The number of allylic oxidation sites excluding steroid dienone is 1. The lowest BCUT2D eigenvalue weighted by Crippen LogP contribution is -1.96. The Morgan fingerprint density at radius 1 is 1.17 bits per heavy atom. The molecular formula is C17H14ClIO4. The summed E-state index contributed by atoms with van der Waals surface area (Å²) in [7, 11) is 3.10. The number of carbonyl (C=O) groups is 1. The zero-order chi connectivity index (χ0) is 17.0. The minimum absolute atomic E-state index is 0.0723. The van der Waals surface area contributed by atoms with Crippen molar-refractivity contribution in [2.24, 2.45) is 0 Å². The third kappa shape index (κ3) is 4.17. The van der Waals surface area contributed by atoms with Crippen LogP contribution in [0.2, 0.25) is 5.02 Å². The van der Waals surface area contributed by atoms with Gasteiger partial charge in [-0.1, -0.05) is 23.7 Å². The number of hydrogen-bond donors (Lipinski definition) is 1. The van der Waals surface area contributed by atoms with Crippen molar-refractivity contribution in [2.75, 3.05) is 14.2 Å². The number of rotatable bonds is 5. The van der Waals surface area contributed by atoms with Crippen molar-refractivity contribution in [3.05, 3.63) is 56.1 Å². The van der Waals surface area contributed by atoms with Crippen molar-refractivity contribution in [3.63, 3.8) is 0 Å². The van der Waals surface area contributed by atoms with Gasteiger partial charge >= 0.3 is 0 Å². The maximum atomic E-state index is 12.3. The predicted molar refractivity (Wildman–Crippen MR) is 98.7 cm³/mol. The van der Waals surface area contributed by atoms with Gasteiger partial charge in [0.05, 0.1) is 23.4 Å². The Labute approximate surface area is 152 Å². The molecule has 0 spiro atoms. The van der Waals surface area contributed by atoms with Crippen LogP contribution < -0.4 is 9.47 Å². The Hall–Kier alpha value is -1.73. The smallest absolute Gasteiger partial charge is 0.189 e. The van der Waals surface area contributed by atoms with Crippen molar-refractivity contribution in [2.45, 2.75) is 0 Å². The molecule has 2 rings (SSSR count). The summed E-state index contributed by atoms with van der Waals surface area (Å²) >= 11 is 7.86. The minimum Gasteiger partial charge on any atom is -0.506 e. The van der Waals surface area contributed by atoms with Crippen LogP contribution in [0.3, 0.4) is 0 Å². The Kier molecular flexibility index (Phi) is 5.90. The summed E-state index contributed by atoms with van der Waals surface area (Å²) in [4.78, 5) is 12.3. The molecule has 0 saturated carbocycles. The number of phenols is 1. The predicted octanol–water partition coefficient (Wildman–Crippen LogP) is 4.56. The van der Waals surface area contributed by atoms with E-state index in [9.17, 15) is 9.90 Å². The van der Waals surface area contributed by atoms with Gasteiger partial charge in [0.25, 0.3) is 0 Å².